The van der Waals surface area contributed by atoms with Gasteiger partial charge in [0.2, 0.25) is 0 Å². The number of esters is 1. The van der Waals surface area contributed by atoms with Gasteiger partial charge in [0.15, 0.2) is 16.1 Å². The van der Waals surface area contributed by atoms with E-state index in [-0.39, 0.29) is 35.8 Å². The average Bonchev–Trinajstić information content (AvgIpc) is 3.33. The summed E-state index contributed by atoms with van der Waals surface area (Å²) in [5.74, 6) is -1.72. The van der Waals surface area contributed by atoms with Crippen LogP contribution in [0.25, 0.3) is 11.6 Å². The molecule has 2 heterocycles. The summed E-state index contributed by atoms with van der Waals surface area (Å²) in [5.41, 5.74) is 3.91. The largest absolute Gasteiger partial charge is 0.481 e. The molecule has 1 aromatic heterocycles. The Kier molecular flexibility index (Phi) is 7.51. The highest BCUT2D eigenvalue weighted by molar-refractivity contribution is 7.90. The number of H-pyrrole nitrogens is 1. The first-order chi connectivity index (χ1) is 17.6. The van der Waals surface area contributed by atoms with Crippen molar-refractivity contribution in [2.45, 2.75) is 43.6 Å². The van der Waals surface area contributed by atoms with Crippen LogP contribution in [0.5, 0.6) is 0 Å². The zero-order valence-corrected chi connectivity index (χ0v) is 21.3. The summed E-state index contributed by atoms with van der Waals surface area (Å²) in [5, 5.41) is 22.9. The van der Waals surface area contributed by atoms with Crippen LogP contribution in [0.15, 0.2) is 53.4 Å². The van der Waals surface area contributed by atoms with Crippen LogP contribution in [-0.4, -0.2) is 48.4 Å². The van der Waals surface area contributed by atoms with Crippen molar-refractivity contribution >= 4 is 39.1 Å². The second-order valence-electron chi connectivity index (χ2n) is 8.73. The molecular weight excluding hydrogens is 496 g/mol. The van der Waals surface area contributed by atoms with Gasteiger partial charge in [0.1, 0.15) is 5.69 Å². The van der Waals surface area contributed by atoms with Crippen molar-refractivity contribution in [3.63, 3.8) is 0 Å². The number of rotatable bonds is 9. The maximum Gasteiger partial charge on any atom is 0.355 e. The van der Waals surface area contributed by atoms with Gasteiger partial charge < -0.3 is 25.3 Å². The topological polar surface area (TPSA) is 146 Å². The second kappa shape index (κ2) is 10.6. The Morgan fingerprint density at radius 3 is 2.54 bits per heavy atom. The van der Waals surface area contributed by atoms with Gasteiger partial charge in [0, 0.05) is 28.9 Å². The Balaban J connectivity index is 1.76. The number of sulfone groups is 1. The zero-order chi connectivity index (χ0) is 26.7. The smallest absolute Gasteiger partial charge is 0.355 e. The van der Waals surface area contributed by atoms with Crippen molar-refractivity contribution in [2.24, 2.45) is 0 Å². The summed E-state index contributed by atoms with van der Waals surface area (Å²) in [6.07, 6.45) is 0.474. The van der Waals surface area contributed by atoms with E-state index in [1.165, 1.54) is 12.1 Å². The minimum atomic E-state index is -3.67. The molecule has 0 radical (unpaired) electrons. The van der Waals surface area contributed by atoms with Crippen LogP contribution in [-0.2, 0) is 31.5 Å². The lowest BCUT2D eigenvalue weighted by Crippen LogP contribution is -2.12. The van der Waals surface area contributed by atoms with E-state index in [9.17, 15) is 28.2 Å². The number of hydrogen-bond acceptors (Lipinski definition) is 7. The van der Waals surface area contributed by atoms with Crippen molar-refractivity contribution in [2.75, 3.05) is 11.9 Å². The van der Waals surface area contributed by atoms with Crippen LogP contribution in [0.1, 0.15) is 51.8 Å². The molecule has 0 fully saturated rings. The molecule has 0 spiro atoms. The van der Waals surface area contributed by atoms with Gasteiger partial charge in [0.05, 0.1) is 17.3 Å². The van der Waals surface area contributed by atoms with E-state index < -0.39 is 28.0 Å². The van der Waals surface area contributed by atoms with Gasteiger partial charge >= 0.3 is 11.9 Å². The maximum absolute atomic E-state index is 13.1. The number of aliphatic hydroxyl groups is 1. The average molecular weight is 525 g/mol. The van der Waals surface area contributed by atoms with Gasteiger partial charge in [-0.25, -0.2) is 13.2 Å². The van der Waals surface area contributed by atoms with Crippen LogP contribution >= 0.6 is 0 Å². The van der Waals surface area contributed by atoms with Crippen LogP contribution in [0.4, 0.5) is 5.69 Å². The Bertz CT molecular complexity index is 1470. The lowest BCUT2D eigenvalue weighted by Gasteiger charge is -2.08. The number of carboxylic acid groups (broad SMARTS) is 1. The summed E-state index contributed by atoms with van der Waals surface area (Å²) in [7, 11) is -3.67. The Morgan fingerprint density at radius 1 is 1.14 bits per heavy atom. The normalized spacial score (nSPS) is 15.9. The highest BCUT2D eigenvalue weighted by Gasteiger charge is 2.28. The molecule has 0 bridgehead atoms. The quantitative estimate of drug-likeness (QED) is 0.310. The van der Waals surface area contributed by atoms with Gasteiger partial charge in [-0.15, -0.1) is 0 Å². The van der Waals surface area contributed by atoms with E-state index in [0.29, 0.717) is 39.2 Å². The first kappa shape index (κ1) is 26.2. The summed E-state index contributed by atoms with van der Waals surface area (Å²) >= 11 is 0. The highest BCUT2D eigenvalue weighted by Crippen LogP contribution is 2.38. The van der Waals surface area contributed by atoms with Crippen molar-refractivity contribution in [1.82, 2.24) is 4.98 Å². The number of hydrogen-bond donors (Lipinski definition) is 4. The molecule has 0 aliphatic carbocycles. The number of ether oxygens (including phenoxy) is 1. The van der Waals surface area contributed by atoms with Gasteiger partial charge in [-0.1, -0.05) is 30.3 Å². The fourth-order valence-electron chi connectivity index (χ4n) is 4.38. The van der Waals surface area contributed by atoms with Crippen LogP contribution < -0.4 is 5.32 Å². The molecule has 2 aromatic carbocycles. The van der Waals surface area contributed by atoms with Gasteiger partial charge in [-0.05, 0) is 61.2 Å². The number of nitrogens with one attached hydrogen (secondary N) is 2. The molecule has 0 amide bonds. The first-order valence-corrected chi connectivity index (χ1v) is 13.4. The number of benzene rings is 2. The van der Waals surface area contributed by atoms with Crippen LogP contribution in [0.3, 0.4) is 0 Å². The molecule has 4 N–H and O–H groups in total. The number of carbonyl (C=O) groups excluding carboxylic acids is 1. The van der Waals surface area contributed by atoms with Crippen molar-refractivity contribution in [1.29, 1.82) is 0 Å². The Hall–Kier alpha value is -3.89. The summed E-state index contributed by atoms with van der Waals surface area (Å²) < 4.78 is 31.4. The molecule has 10 heteroatoms. The number of aromatic amines is 1. The number of aliphatic hydroxyl groups excluding tert-OH is 1. The molecule has 0 saturated carbocycles. The molecule has 1 aliphatic heterocycles. The number of anilines is 1. The van der Waals surface area contributed by atoms with Crippen molar-refractivity contribution in [3.05, 3.63) is 82.2 Å². The fourth-order valence-corrected chi connectivity index (χ4v) is 5.76. The van der Waals surface area contributed by atoms with E-state index in [0.717, 1.165) is 0 Å². The van der Waals surface area contributed by atoms with Crippen molar-refractivity contribution in [3.8, 4) is 0 Å². The summed E-state index contributed by atoms with van der Waals surface area (Å²) in [6.45, 7) is 3.56. The lowest BCUT2D eigenvalue weighted by atomic mass is 10.0. The molecular formula is C27H28N2O7S. The summed E-state index contributed by atoms with van der Waals surface area (Å²) in [4.78, 5) is 26.8. The highest BCUT2D eigenvalue weighted by atomic mass is 32.2. The number of carbonyl (C=O) groups is 2. The van der Waals surface area contributed by atoms with Crippen LogP contribution in [0, 0.1) is 6.92 Å². The minimum Gasteiger partial charge on any atom is -0.481 e. The van der Waals surface area contributed by atoms with Gasteiger partial charge in [-0.3, -0.25) is 4.79 Å². The summed E-state index contributed by atoms with van der Waals surface area (Å²) in [6, 6.07) is 13.5. The second-order valence-corrected chi connectivity index (χ2v) is 10.7. The number of carboxylic acids is 1. The predicted molar refractivity (Wildman–Crippen MR) is 139 cm³/mol. The third-order valence-electron chi connectivity index (χ3n) is 6.23. The molecule has 0 saturated heterocycles. The number of fused-ring (bicyclic) bond motifs is 1. The SMILES string of the molecule is CCOC(=O)c1[nH]c(/C=C2/c3cc(S(=O)(=O)Cc4ccccc4)ccc3N[C@H]2O)c(CCC(=O)O)c1C. The Labute approximate surface area is 214 Å². The first-order valence-electron chi connectivity index (χ1n) is 11.8. The van der Waals surface area contributed by atoms with Crippen LogP contribution in [0.2, 0.25) is 0 Å². The zero-order valence-electron chi connectivity index (χ0n) is 20.4. The molecule has 37 heavy (non-hydrogen) atoms. The van der Waals surface area contributed by atoms with E-state index >= 15 is 0 Å². The predicted octanol–water partition coefficient (Wildman–Crippen LogP) is 3.78. The van der Waals surface area contributed by atoms with E-state index in [4.69, 9.17) is 4.74 Å². The third kappa shape index (κ3) is 5.60. The molecule has 4 rings (SSSR count). The molecule has 1 aliphatic rings. The number of aromatic nitrogens is 1. The number of aliphatic carboxylic acids is 1. The third-order valence-corrected chi connectivity index (χ3v) is 7.91. The van der Waals surface area contributed by atoms with Gasteiger partial charge in [-0.2, -0.15) is 0 Å². The van der Waals surface area contributed by atoms with E-state index in [1.54, 1.807) is 50.3 Å². The maximum atomic E-state index is 13.1. The van der Waals surface area contributed by atoms with E-state index in [2.05, 4.69) is 10.3 Å². The van der Waals surface area contributed by atoms with E-state index in [1.807, 2.05) is 6.07 Å². The molecule has 3 aromatic rings. The molecule has 9 nitrogen and oxygen atoms in total. The van der Waals surface area contributed by atoms with Gasteiger partial charge in [0.25, 0.3) is 0 Å². The minimum absolute atomic E-state index is 0.109. The lowest BCUT2D eigenvalue weighted by molar-refractivity contribution is -0.136. The fraction of sp³-hybridized carbons (Fsp3) is 0.259. The standard InChI is InChI=1S/C27H28N2O7S/c1-3-36-27(33)25-16(2)19(10-12-24(30)31)23(28-25)14-21-20-13-18(9-11-22(20)29-26(21)32)37(34,35)15-17-7-5-4-6-8-17/h4-9,11,13-14,26,28-29,32H,3,10,12,15H2,1-2H3,(H,30,31)/b21-14-/t26-/m0/s1. The molecule has 194 valence electrons. The Morgan fingerprint density at radius 2 is 1.86 bits per heavy atom. The monoisotopic (exact) mass is 524 g/mol. The van der Waals surface area contributed by atoms with Crippen molar-refractivity contribution < 1.29 is 33.0 Å². The molecule has 1 atom stereocenters. The molecule has 0 unspecified atom stereocenters.